The number of urea groups is 1. The van der Waals surface area contributed by atoms with E-state index in [-0.39, 0.29) is 24.5 Å². The molecular weight excluding hydrogens is 454 g/mol. The molecule has 3 amide bonds. The maximum Gasteiger partial charge on any atom is 0.317 e. The predicted octanol–water partition coefficient (Wildman–Crippen LogP) is 1.49. The minimum atomic E-state index is -3.51. The molecule has 2 aliphatic heterocycles. The van der Waals surface area contributed by atoms with Gasteiger partial charge in [-0.2, -0.15) is 4.31 Å². The Balaban J connectivity index is 1.19. The molecule has 3 fully saturated rings. The Kier molecular flexibility index (Phi) is 8.10. The number of carbonyl (C=O) groups is 2. The number of benzene rings is 1. The molecule has 0 radical (unpaired) electrons. The van der Waals surface area contributed by atoms with Crippen LogP contribution in [0.1, 0.15) is 37.7 Å². The monoisotopic (exact) mass is 491 g/mol. The van der Waals surface area contributed by atoms with Crippen molar-refractivity contribution in [2.45, 2.75) is 50.0 Å². The first-order chi connectivity index (χ1) is 16.3. The SMILES string of the molecule is Cc1ccc(S(=O)(=O)N2CCN(CC(=O)N3CCN(C(=O)NC4CCCCC4)CC3)CC2)cc1. The summed E-state index contributed by atoms with van der Waals surface area (Å²) >= 11 is 0. The normalized spacial score (nSPS) is 21.4. The van der Waals surface area contributed by atoms with Crippen LogP contribution in [-0.2, 0) is 14.8 Å². The van der Waals surface area contributed by atoms with Crippen LogP contribution in [0.4, 0.5) is 4.79 Å². The quantitative estimate of drug-likeness (QED) is 0.674. The molecule has 2 saturated heterocycles. The zero-order chi connectivity index (χ0) is 24.1. The molecule has 0 atom stereocenters. The van der Waals surface area contributed by atoms with Gasteiger partial charge in [0.15, 0.2) is 0 Å². The summed E-state index contributed by atoms with van der Waals surface area (Å²) < 4.78 is 27.3. The molecule has 2 heterocycles. The van der Waals surface area contributed by atoms with Crippen molar-refractivity contribution in [2.75, 3.05) is 58.9 Å². The maximum atomic E-state index is 12.9. The zero-order valence-electron chi connectivity index (χ0n) is 20.1. The van der Waals surface area contributed by atoms with E-state index in [4.69, 9.17) is 0 Å². The van der Waals surface area contributed by atoms with Gasteiger partial charge in [0, 0.05) is 58.4 Å². The summed E-state index contributed by atoms with van der Waals surface area (Å²) in [5, 5.41) is 3.15. The average molecular weight is 492 g/mol. The molecule has 0 unspecified atom stereocenters. The number of piperazine rings is 2. The number of hydrogen-bond acceptors (Lipinski definition) is 5. The van der Waals surface area contributed by atoms with Crippen molar-refractivity contribution in [2.24, 2.45) is 0 Å². The van der Waals surface area contributed by atoms with Gasteiger partial charge in [-0.1, -0.05) is 37.0 Å². The summed E-state index contributed by atoms with van der Waals surface area (Å²) in [4.78, 5) is 31.3. The van der Waals surface area contributed by atoms with E-state index in [9.17, 15) is 18.0 Å². The van der Waals surface area contributed by atoms with Gasteiger partial charge in [-0.05, 0) is 31.9 Å². The second-order valence-corrected chi connectivity index (χ2v) is 11.6. The Bertz CT molecular complexity index is 946. The van der Waals surface area contributed by atoms with Gasteiger partial charge in [-0.3, -0.25) is 9.69 Å². The third-order valence-electron chi connectivity index (χ3n) is 7.20. The Morgan fingerprint density at radius 2 is 1.44 bits per heavy atom. The number of nitrogens with zero attached hydrogens (tertiary/aromatic N) is 4. The van der Waals surface area contributed by atoms with E-state index >= 15 is 0 Å². The number of carbonyl (C=O) groups excluding carboxylic acids is 2. The molecule has 10 heteroatoms. The second-order valence-electron chi connectivity index (χ2n) is 9.65. The highest BCUT2D eigenvalue weighted by atomic mass is 32.2. The average Bonchev–Trinajstić information content (AvgIpc) is 2.85. The number of rotatable bonds is 5. The molecule has 1 aromatic carbocycles. The summed E-state index contributed by atoms with van der Waals surface area (Å²) in [5.41, 5.74) is 1.02. The van der Waals surface area contributed by atoms with Crippen molar-refractivity contribution in [3.63, 3.8) is 0 Å². The van der Waals surface area contributed by atoms with Crippen molar-refractivity contribution in [3.8, 4) is 0 Å². The Morgan fingerprint density at radius 1 is 0.853 bits per heavy atom. The smallest absolute Gasteiger partial charge is 0.317 e. The van der Waals surface area contributed by atoms with Crippen LogP contribution < -0.4 is 5.32 Å². The van der Waals surface area contributed by atoms with Gasteiger partial charge in [0.05, 0.1) is 11.4 Å². The molecule has 3 aliphatic rings. The fourth-order valence-electron chi connectivity index (χ4n) is 4.95. The first-order valence-electron chi connectivity index (χ1n) is 12.5. The van der Waals surface area contributed by atoms with Crippen LogP contribution in [0.15, 0.2) is 29.2 Å². The number of amides is 3. The number of hydrogen-bond donors (Lipinski definition) is 1. The highest BCUT2D eigenvalue weighted by Crippen LogP contribution is 2.19. The van der Waals surface area contributed by atoms with Crippen molar-refractivity contribution >= 4 is 22.0 Å². The summed E-state index contributed by atoms with van der Waals surface area (Å²) in [7, 11) is -3.51. The highest BCUT2D eigenvalue weighted by molar-refractivity contribution is 7.89. The largest absolute Gasteiger partial charge is 0.338 e. The summed E-state index contributed by atoms with van der Waals surface area (Å²) in [6.07, 6.45) is 5.73. The van der Waals surface area contributed by atoms with Gasteiger partial charge in [-0.25, -0.2) is 13.2 Å². The molecule has 1 saturated carbocycles. The minimum Gasteiger partial charge on any atom is -0.338 e. The molecule has 1 aromatic rings. The third kappa shape index (κ3) is 6.09. The fraction of sp³-hybridized carbons (Fsp3) is 0.667. The molecular formula is C24H37N5O4S. The van der Waals surface area contributed by atoms with Gasteiger partial charge < -0.3 is 15.1 Å². The lowest BCUT2D eigenvalue weighted by atomic mass is 9.96. The number of aryl methyl sites for hydroxylation is 1. The lowest BCUT2D eigenvalue weighted by molar-refractivity contribution is -0.134. The first kappa shape index (κ1) is 24.9. The summed E-state index contributed by atoms with van der Waals surface area (Å²) in [6.45, 7) is 6.19. The van der Waals surface area contributed by atoms with E-state index in [1.54, 1.807) is 24.3 Å². The van der Waals surface area contributed by atoms with Crippen molar-refractivity contribution in [1.82, 2.24) is 24.3 Å². The van der Waals surface area contributed by atoms with Crippen LogP contribution in [0.25, 0.3) is 0 Å². The van der Waals surface area contributed by atoms with Crippen LogP contribution in [-0.4, -0.2) is 104 Å². The van der Waals surface area contributed by atoms with E-state index in [1.165, 1.54) is 23.6 Å². The van der Waals surface area contributed by atoms with Gasteiger partial charge in [-0.15, -0.1) is 0 Å². The Labute approximate surface area is 203 Å². The third-order valence-corrected chi connectivity index (χ3v) is 9.11. The van der Waals surface area contributed by atoms with Crippen molar-refractivity contribution in [1.29, 1.82) is 0 Å². The first-order valence-corrected chi connectivity index (χ1v) is 13.9. The molecule has 1 aliphatic carbocycles. The van der Waals surface area contributed by atoms with Crippen LogP contribution in [0.5, 0.6) is 0 Å². The van der Waals surface area contributed by atoms with Gasteiger partial charge in [0.2, 0.25) is 15.9 Å². The zero-order valence-corrected chi connectivity index (χ0v) is 20.9. The van der Waals surface area contributed by atoms with Crippen molar-refractivity contribution < 1.29 is 18.0 Å². The van der Waals surface area contributed by atoms with Gasteiger partial charge in [0.25, 0.3) is 0 Å². The van der Waals surface area contributed by atoms with Crippen LogP contribution in [0, 0.1) is 6.92 Å². The van der Waals surface area contributed by atoms with E-state index in [0.717, 1.165) is 18.4 Å². The molecule has 0 bridgehead atoms. The van der Waals surface area contributed by atoms with Crippen LogP contribution in [0.2, 0.25) is 0 Å². The van der Waals surface area contributed by atoms with Gasteiger partial charge >= 0.3 is 6.03 Å². The maximum absolute atomic E-state index is 12.9. The standard InChI is InChI=1S/C24H37N5O4S/c1-20-7-9-22(10-8-20)34(32,33)29-17-11-26(12-18-29)19-23(30)27-13-15-28(16-14-27)24(31)25-21-5-3-2-4-6-21/h7-10,21H,2-6,11-19H2,1H3,(H,25,31). The lowest BCUT2D eigenvalue weighted by Gasteiger charge is -2.38. The van der Waals surface area contributed by atoms with E-state index in [0.29, 0.717) is 57.3 Å². The minimum absolute atomic E-state index is 0.00935. The molecule has 34 heavy (non-hydrogen) atoms. The number of nitrogens with one attached hydrogen (secondary N) is 1. The highest BCUT2D eigenvalue weighted by Gasteiger charge is 2.31. The number of sulfonamides is 1. The van der Waals surface area contributed by atoms with Crippen LogP contribution >= 0.6 is 0 Å². The van der Waals surface area contributed by atoms with E-state index in [2.05, 4.69) is 5.32 Å². The van der Waals surface area contributed by atoms with E-state index < -0.39 is 10.0 Å². The molecule has 4 rings (SSSR count). The van der Waals surface area contributed by atoms with Crippen LogP contribution in [0.3, 0.4) is 0 Å². The molecule has 0 aromatic heterocycles. The van der Waals surface area contributed by atoms with Crippen molar-refractivity contribution in [3.05, 3.63) is 29.8 Å². The fourth-order valence-corrected chi connectivity index (χ4v) is 6.37. The lowest BCUT2D eigenvalue weighted by Crippen LogP contribution is -2.57. The molecule has 9 nitrogen and oxygen atoms in total. The molecule has 0 spiro atoms. The molecule has 1 N–H and O–H groups in total. The Hall–Kier alpha value is -2.17. The predicted molar refractivity (Wildman–Crippen MR) is 130 cm³/mol. The Morgan fingerprint density at radius 3 is 2.06 bits per heavy atom. The topological polar surface area (TPSA) is 93.3 Å². The summed E-state index contributed by atoms with van der Waals surface area (Å²) in [5.74, 6) is 0.0437. The molecule has 188 valence electrons. The summed E-state index contributed by atoms with van der Waals surface area (Å²) in [6, 6.07) is 7.19. The van der Waals surface area contributed by atoms with Gasteiger partial charge in [0.1, 0.15) is 0 Å². The second kappa shape index (κ2) is 11.0. The van der Waals surface area contributed by atoms with E-state index in [1.807, 2.05) is 21.6 Å².